The number of phenols is 1. The van der Waals surface area contributed by atoms with Crippen molar-refractivity contribution in [2.75, 3.05) is 13.1 Å². The molecule has 4 rings (SSSR count). The van der Waals surface area contributed by atoms with Crippen molar-refractivity contribution in [2.45, 2.75) is 44.4 Å². The van der Waals surface area contributed by atoms with Crippen molar-refractivity contribution in [3.63, 3.8) is 0 Å². The lowest BCUT2D eigenvalue weighted by atomic mass is 9.71. The van der Waals surface area contributed by atoms with Crippen molar-refractivity contribution in [1.82, 2.24) is 10.2 Å². The summed E-state index contributed by atoms with van der Waals surface area (Å²) in [6.45, 7) is 5.68. The Balaban J connectivity index is 1.80. The van der Waals surface area contributed by atoms with Crippen LogP contribution in [0.2, 0.25) is 0 Å². The third-order valence-electron chi connectivity index (χ3n) is 5.95. The van der Waals surface area contributed by atoms with E-state index in [0.29, 0.717) is 17.7 Å². The number of benzene rings is 1. The van der Waals surface area contributed by atoms with Gasteiger partial charge in [0.1, 0.15) is 5.75 Å². The molecule has 1 aromatic carbocycles. The molecule has 0 aromatic heterocycles. The molecule has 3 aliphatic rings. The molecule has 2 heterocycles. The Kier molecular flexibility index (Phi) is 4.77. The highest BCUT2D eigenvalue weighted by molar-refractivity contribution is 6.00. The van der Waals surface area contributed by atoms with Crippen molar-refractivity contribution in [3.05, 3.63) is 53.4 Å². The van der Waals surface area contributed by atoms with Gasteiger partial charge in [-0.05, 0) is 49.8 Å². The predicted octanol–water partition coefficient (Wildman–Crippen LogP) is 3.23. The molecule has 0 saturated carbocycles. The molecule has 27 heavy (non-hydrogen) atoms. The zero-order chi connectivity index (χ0) is 19.0. The maximum absolute atomic E-state index is 13.4. The summed E-state index contributed by atoms with van der Waals surface area (Å²) in [4.78, 5) is 28.2. The third kappa shape index (κ3) is 3.27. The molecule has 2 unspecified atom stereocenters. The maximum Gasteiger partial charge on any atom is 0.232 e. The summed E-state index contributed by atoms with van der Waals surface area (Å²) >= 11 is 0. The Morgan fingerprint density at radius 1 is 1.15 bits per heavy atom. The summed E-state index contributed by atoms with van der Waals surface area (Å²) in [6.07, 6.45) is 5.30. The van der Waals surface area contributed by atoms with E-state index < -0.39 is 5.92 Å². The van der Waals surface area contributed by atoms with E-state index in [9.17, 15) is 14.7 Å². The minimum atomic E-state index is -0.523. The van der Waals surface area contributed by atoms with Crippen molar-refractivity contribution in [3.8, 4) is 5.75 Å². The van der Waals surface area contributed by atoms with Crippen LogP contribution in [-0.4, -0.2) is 34.8 Å². The van der Waals surface area contributed by atoms with Gasteiger partial charge in [-0.2, -0.15) is 0 Å². The molecule has 142 valence electrons. The molecule has 2 N–H and O–H groups in total. The monoisotopic (exact) mass is 366 g/mol. The van der Waals surface area contributed by atoms with Gasteiger partial charge in [0, 0.05) is 42.4 Å². The lowest BCUT2D eigenvalue weighted by Crippen LogP contribution is -2.47. The molecule has 5 heteroatoms. The number of aromatic hydroxyl groups is 1. The predicted molar refractivity (Wildman–Crippen MR) is 103 cm³/mol. The highest BCUT2D eigenvalue weighted by Gasteiger charge is 2.44. The number of carbonyl (C=O) groups is 2. The minimum Gasteiger partial charge on any atom is -0.508 e. The van der Waals surface area contributed by atoms with Crippen molar-refractivity contribution < 1.29 is 14.7 Å². The molecule has 1 amide bonds. The smallest absolute Gasteiger partial charge is 0.232 e. The van der Waals surface area contributed by atoms with Gasteiger partial charge in [-0.15, -0.1) is 0 Å². The molecule has 0 radical (unpaired) electrons. The van der Waals surface area contributed by atoms with E-state index in [1.165, 1.54) is 0 Å². The Bertz CT molecular complexity index is 821. The quantitative estimate of drug-likeness (QED) is 0.843. The SMILES string of the molecule is C=C1NC2=C(C(=O)CCC2)C(c2cccc(O)c2)C1C(=O)N1CCCCC1. The van der Waals surface area contributed by atoms with Gasteiger partial charge in [-0.25, -0.2) is 0 Å². The first-order chi connectivity index (χ1) is 13.1. The second kappa shape index (κ2) is 7.22. The van der Waals surface area contributed by atoms with Gasteiger partial charge in [0.05, 0.1) is 5.92 Å². The van der Waals surface area contributed by atoms with E-state index >= 15 is 0 Å². The number of Topliss-reactive ketones (excluding diaryl/α,β-unsaturated/α-hetero) is 1. The molecule has 1 aromatic rings. The summed E-state index contributed by atoms with van der Waals surface area (Å²) in [5.74, 6) is -0.633. The number of allylic oxidation sites excluding steroid dienone is 2. The van der Waals surface area contributed by atoms with Gasteiger partial charge in [-0.3, -0.25) is 9.59 Å². The molecular formula is C22H26N2O3. The number of piperidine rings is 1. The number of hydrogen-bond acceptors (Lipinski definition) is 4. The van der Waals surface area contributed by atoms with E-state index in [1.54, 1.807) is 18.2 Å². The molecule has 0 spiro atoms. The lowest BCUT2D eigenvalue weighted by molar-refractivity contribution is -0.136. The average Bonchev–Trinajstić information content (AvgIpc) is 2.67. The first-order valence-corrected chi connectivity index (χ1v) is 9.86. The summed E-state index contributed by atoms with van der Waals surface area (Å²) in [5, 5.41) is 13.3. The number of phenolic OH excluding ortho intramolecular Hbond substituents is 1. The fraction of sp³-hybridized carbons (Fsp3) is 0.455. The number of rotatable bonds is 2. The highest BCUT2D eigenvalue weighted by Crippen LogP contribution is 2.45. The van der Waals surface area contributed by atoms with Crippen molar-refractivity contribution in [1.29, 1.82) is 0 Å². The Hall–Kier alpha value is -2.56. The third-order valence-corrected chi connectivity index (χ3v) is 5.95. The molecule has 1 fully saturated rings. The molecule has 1 aliphatic carbocycles. The van der Waals surface area contributed by atoms with Gasteiger partial charge in [0.2, 0.25) is 5.91 Å². The number of nitrogens with zero attached hydrogens (tertiary/aromatic N) is 1. The molecular weight excluding hydrogens is 340 g/mol. The molecule has 0 bridgehead atoms. The van der Waals surface area contributed by atoms with Gasteiger partial charge in [0.15, 0.2) is 5.78 Å². The zero-order valence-corrected chi connectivity index (χ0v) is 15.5. The molecule has 5 nitrogen and oxygen atoms in total. The van der Waals surface area contributed by atoms with Crippen LogP contribution in [-0.2, 0) is 9.59 Å². The van der Waals surface area contributed by atoms with Crippen LogP contribution < -0.4 is 5.32 Å². The summed E-state index contributed by atoms with van der Waals surface area (Å²) in [5.41, 5.74) is 3.06. The number of nitrogens with one attached hydrogen (secondary N) is 1. The second-order valence-corrected chi connectivity index (χ2v) is 7.76. The number of ketones is 1. The van der Waals surface area contributed by atoms with E-state index in [0.717, 1.165) is 56.5 Å². The van der Waals surface area contributed by atoms with Crippen LogP contribution in [0.25, 0.3) is 0 Å². The van der Waals surface area contributed by atoms with E-state index in [4.69, 9.17) is 0 Å². The largest absolute Gasteiger partial charge is 0.508 e. The van der Waals surface area contributed by atoms with Crippen LogP contribution in [0, 0.1) is 5.92 Å². The van der Waals surface area contributed by atoms with Crippen molar-refractivity contribution in [2.24, 2.45) is 5.92 Å². The van der Waals surface area contributed by atoms with Crippen LogP contribution in [0.4, 0.5) is 0 Å². The van der Waals surface area contributed by atoms with Crippen LogP contribution in [0.15, 0.2) is 47.8 Å². The normalized spacial score (nSPS) is 25.9. The Labute approximate surface area is 159 Å². The van der Waals surface area contributed by atoms with Crippen LogP contribution >= 0.6 is 0 Å². The van der Waals surface area contributed by atoms with Crippen LogP contribution in [0.3, 0.4) is 0 Å². The standard InChI is InChI=1S/C22H26N2O3/c1-14-19(22(27)24-11-3-2-4-12-24)20(15-7-5-8-16(25)13-15)21-17(23-14)9-6-10-18(21)26/h5,7-8,13,19-20,23,25H,1-4,6,9-12H2. The Morgan fingerprint density at radius 2 is 1.93 bits per heavy atom. The van der Waals surface area contributed by atoms with Gasteiger partial charge >= 0.3 is 0 Å². The second-order valence-electron chi connectivity index (χ2n) is 7.76. The average molecular weight is 366 g/mol. The lowest BCUT2D eigenvalue weighted by Gasteiger charge is -2.41. The highest BCUT2D eigenvalue weighted by atomic mass is 16.3. The molecule has 2 aliphatic heterocycles. The van der Waals surface area contributed by atoms with E-state index in [1.807, 2.05) is 11.0 Å². The van der Waals surface area contributed by atoms with Gasteiger partial charge < -0.3 is 15.3 Å². The minimum absolute atomic E-state index is 0.0328. The summed E-state index contributed by atoms with van der Waals surface area (Å²) in [6, 6.07) is 6.95. The van der Waals surface area contributed by atoms with Gasteiger partial charge in [-0.1, -0.05) is 18.7 Å². The van der Waals surface area contributed by atoms with Crippen LogP contribution in [0.1, 0.15) is 50.0 Å². The topological polar surface area (TPSA) is 69.6 Å². The first-order valence-electron chi connectivity index (χ1n) is 9.86. The summed E-state index contributed by atoms with van der Waals surface area (Å²) in [7, 11) is 0. The number of likely N-dealkylation sites (tertiary alicyclic amines) is 1. The van der Waals surface area contributed by atoms with E-state index in [-0.39, 0.29) is 23.4 Å². The first kappa shape index (κ1) is 17.8. The number of hydrogen-bond donors (Lipinski definition) is 2. The van der Waals surface area contributed by atoms with Crippen molar-refractivity contribution >= 4 is 11.7 Å². The fourth-order valence-electron chi connectivity index (χ4n) is 4.67. The number of carbonyl (C=O) groups excluding carboxylic acids is 2. The molecule has 2 atom stereocenters. The molecule has 1 saturated heterocycles. The van der Waals surface area contributed by atoms with E-state index in [2.05, 4.69) is 11.9 Å². The maximum atomic E-state index is 13.4. The number of amides is 1. The fourth-order valence-corrected chi connectivity index (χ4v) is 4.67. The summed E-state index contributed by atoms with van der Waals surface area (Å²) < 4.78 is 0. The van der Waals surface area contributed by atoms with Gasteiger partial charge in [0.25, 0.3) is 0 Å². The zero-order valence-electron chi connectivity index (χ0n) is 15.5. The van der Waals surface area contributed by atoms with Crippen LogP contribution in [0.5, 0.6) is 5.75 Å². The Morgan fingerprint density at radius 3 is 2.67 bits per heavy atom.